The van der Waals surface area contributed by atoms with Crippen molar-refractivity contribution in [3.63, 3.8) is 0 Å². The van der Waals surface area contributed by atoms with E-state index in [1.54, 1.807) is 7.11 Å². The van der Waals surface area contributed by atoms with E-state index in [0.717, 1.165) is 37.4 Å². The van der Waals surface area contributed by atoms with Crippen LogP contribution in [0.4, 0.5) is 0 Å². The zero-order chi connectivity index (χ0) is 15.4. The summed E-state index contributed by atoms with van der Waals surface area (Å²) in [6, 6.07) is 5.67. The van der Waals surface area contributed by atoms with Gasteiger partial charge in [-0.25, -0.2) is 0 Å². The molecule has 1 saturated heterocycles. The highest BCUT2D eigenvalue weighted by Crippen LogP contribution is 2.32. The van der Waals surface area contributed by atoms with Crippen LogP contribution in [0, 0.1) is 0 Å². The van der Waals surface area contributed by atoms with E-state index < -0.39 is 0 Å². The molecule has 23 heavy (non-hydrogen) atoms. The molecule has 0 radical (unpaired) electrons. The Bertz CT molecular complexity index is 627. The second-order valence-electron chi connectivity index (χ2n) is 5.28. The highest BCUT2D eigenvalue weighted by molar-refractivity contribution is 5.85. The largest absolute Gasteiger partial charge is 0.493 e. The minimum Gasteiger partial charge on any atom is -0.493 e. The van der Waals surface area contributed by atoms with Crippen molar-refractivity contribution in [3.05, 3.63) is 24.1 Å². The third-order valence-corrected chi connectivity index (χ3v) is 3.85. The maximum absolute atomic E-state index is 5.59. The Morgan fingerprint density at radius 1 is 1.26 bits per heavy atom. The molecule has 0 unspecified atom stereocenters. The van der Waals surface area contributed by atoms with Crippen LogP contribution in [-0.2, 0) is 0 Å². The fourth-order valence-electron chi connectivity index (χ4n) is 2.67. The van der Waals surface area contributed by atoms with E-state index in [4.69, 9.17) is 14.0 Å². The van der Waals surface area contributed by atoms with Crippen LogP contribution < -0.4 is 14.8 Å². The standard InChI is InChI=1S/C16H21N3O3.ClH/c1-3-21-14-10-12(4-5-13(14)20-2)15-18-16(22-19-15)11-6-8-17-9-7-11;/h4-5,10-11,17H,3,6-9H2,1-2H3;1H. The van der Waals surface area contributed by atoms with Gasteiger partial charge in [0.1, 0.15) is 0 Å². The molecule has 1 aliphatic rings. The highest BCUT2D eigenvalue weighted by Gasteiger charge is 2.22. The first-order chi connectivity index (χ1) is 10.8. The predicted molar refractivity (Wildman–Crippen MR) is 89.5 cm³/mol. The topological polar surface area (TPSA) is 69.4 Å². The van der Waals surface area contributed by atoms with Crippen LogP contribution in [0.5, 0.6) is 11.5 Å². The van der Waals surface area contributed by atoms with E-state index in [-0.39, 0.29) is 12.4 Å². The SMILES string of the molecule is CCOc1cc(-c2noc(C3CCNCC3)n2)ccc1OC.Cl. The quantitative estimate of drug-likeness (QED) is 0.903. The average Bonchev–Trinajstić information content (AvgIpc) is 3.06. The van der Waals surface area contributed by atoms with Crippen LogP contribution in [0.2, 0.25) is 0 Å². The molecule has 1 fully saturated rings. The Balaban J connectivity index is 0.00000192. The summed E-state index contributed by atoms with van der Waals surface area (Å²) < 4.78 is 16.3. The smallest absolute Gasteiger partial charge is 0.230 e. The van der Waals surface area contributed by atoms with Crippen LogP contribution in [-0.4, -0.2) is 36.9 Å². The van der Waals surface area contributed by atoms with Gasteiger partial charge >= 0.3 is 0 Å². The van der Waals surface area contributed by atoms with E-state index in [0.29, 0.717) is 29.8 Å². The van der Waals surface area contributed by atoms with Crippen LogP contribution in [0.1, 0.15) is 31.6 Å². The average molecular weight is 340 g/mol. The molecule has 1 N–H and O–H groups in total. The van der Waals surface area contributed by atoms with E-state index in [1.165, 1.54) is 0 Å². The Kier molecular flexibility index (Phi) is 6.24. The third-order valence-electron chi connectivity index (χ3n) is 3.85. The molecule has 7 heteroatoms. The molecule has 0 aliphatic carbocycles. The van der Waals surface area contributed by atoms with Gasteiger partial charge < -0.3 is 19.3 Å². The lowest BCUT2D eigenvalue weighted by Gasteiger charge is -2.18. The van der Waals surface area contributed by atoms with Gasteiger partial charge in [-0.2, -0.15) is 4.98 Å². The van der Waals surface area contributed by atoms with Gasteiger partial charge in [-0.1, -0.05) is 5.16 Å². The molecule has 6 nitrogen and oxygen atoms in total. The highest BCUT2D eigenvalue weighted by atomic mass is 35.5. The molecule has 1 aliphatic heterocycles. The minimum atomic E-state index is 0. The molecule has 0 saturated carbocycles. The number of nitrogens with zero attached hydrogens (tertiary/aromatic N) is 2. The first-order valence-electron chi connectivity index (χ1n) is 7.67. The monoisotopic (exact) mass is 339 g/mol. The summed E-state index contributed by atoms with van der Waals surface area (Å²) >= 11 is 0. The summed E-state index contributed by atoms with van der Waals surface area (Å²) in [5.74, 6) is 3.07. The van der Waals surface area contributed by atoms with Gasteiger partial charge in [0.05, 0.1) is 13.7 Å². The van der Waals surface area contributed by atoms with Gasteiger partial charge in [-0.3, -0.25) is 0 Å². The fraction of sp³-hybridized carbons (Fsp3) is 0.500. The van der Waals surface area contributed by atoms with E-state index >= 15 is 0 Å². The van der Waals surface area contributed by atoms with Crippen LogP contribution in [0.25, 0.3) is 11.4 Å². The maximum Gasteiger partial charge on any atom is 0.230 e. The zero-order valence-electron chi connectivity index (χ0n) is 13.4. The van der Waals surface area contributed by atoms with E-state index in [9.17, 15) is 0 Å². The zero-order valence-corrected chi connectivity index (χ0v) is 14.2. The Labute approximate surface area is 142 Å². The maximum atomic E-state index is 5.59. The molecule has 2 heterocycles. The van der Waals surface area contributed by atoms with Gasteiger partial charge in [0, 0.05) is 11.5 Å². The third kappa shape index (κ3) is 3.95. The van der Waals surface area contributed by atoms with Crippen LogP contribution >= 0.6 is 12.4 Å². The molecule has 2 aromatic rings. The minimum absolute atomic E-state index is 0. The van der Waals surface area contributed by atoms with Gasteiger partial charge in [-0.15, -0.1) is 12.4 Å². The second-order valence-corrected chi connectivity index (χ2v) is 5.28. The summed E-state index contributed by atoms with van der Waals surface area (Å²) in [7, 11) is 1.63. The molecule has 0 spiro atoms. The number of rotatable bonds is 5. The first-order valence-corrected chi connectivity index (χ1v) is 7.67. The second kappa shape index (κ2) is 8.17. The number of piperidine rings is 1. The number of ether oxygens (including phenoxy) is 2. The van der Waals surface area contributed by atoms with Crippen molar-refractivity contribution >= 4 is 12.4 Å². The van der Waals surface area contributed by atoms with Crippen LogP contribution in [0.3, 0.4) is 0 Å². The molecule has 3 rings (SSSR count). The number of aromatic nitrogens is 2. The van der Waals surface area contributed by atoms with E-state index in [1.807, 2.05) is 25.1 Å². The lowest BCUT2D eigenvalue weighted by Crippen LogP contribution is -2.26. The molecule has 0 amide bonds. The molecule has 1 aromatic carbocycles. The Morgan fingerprint density at radius 2 is 2.04 bits per heavy atom. The van der Waals surface area contributed by atoms with Crippen molar-refractivity contribution in [2.45, 2.75) is 25.7 Å². The number of nitrogens with one attached hydrogen (secondary N) is 1. The predicted octanol–water partition coefficient (Wildman–Crippen LogP) is 3.03. The molecular formula is C16H22ClN3O3. The van der Waals surface area contributed by atoms with Crippen molar-refractivity contribution in [2.75, 3.05) is 26.8 Å². The number of hydrogen-bond donors (Lipinski definition) is 1. The van der Waals surface area contributed by atoms with Gasteiger partial charge in [-0.05, 0) is 51.1 Å². The normalized spacial score (nSPS) is 15.0. The van der Waals surface area contributed by atoms with Gasteiger partial charge in [0.2, 0.25) is 11.7 Å². The lowest BCUT2D eigenvalue weighted by molar-refractivity contribution is 0.311. The number of halogens is 1. The van der Waals surface area contributed by atoms with Crippen molar-refractivity contribution in [3.8, 4) is 22.9 Å². The molecule has 0 bridgehead atoms. The summed E-state index contributed by atoms with van der Waals surface area (Å²) in [5.41, 5.74) is 0.869. The summed E-state index contributed by atoms with van der Waals surface area (Å²) in [6.45, 7) is 4.51. The number of hydrogen-bond acceptors (Lipinski definition) is 6. The van der Waals surface area contributed by atoms with Crippen LogP contribution in [0.15, 0.2) is 22.7 Å². The summed E-state index contributed by atoms with van der Waals surface area (Å²) in [6.07, 6.45) is 2.07. The van der Waals surface area contributed by atoms with Gasteiger partial charge in [0.25, 0.3) is 0 Å². The Hall–Kier alpha value is -1.79. The van der Waals surface area contributed by atoms with Crippen molar-refractivity contribution in [2.24, 2.45) is 0 Å². The van der Waals surface area contributed by atoms with Crippen molar-refractivity contribution < 1.29 is 14.0 Å². The molecule has 126 valence electrons. The molecule has 0 atom stereocenters. The van der Waals surface area contributed by atoms with E-state index in [2.05, 4.69) is 15.5 Å². The summed E-state index contributed by atoms with van der Waals surface area (Å²) in [4.78, 5) is 4.56. The number of methoxy groups -OCH3 is 1. The molecular weight excluding hydrogens is 318 g/mol. The fourth-order valence-corrected chi connectivity index (χ4v) is 2.67. The van der Waals surface area contributed by atoms with Crippen molar-refractivity contribution in [1.29, 1.82) is 0 Å². The lowest BCUT2D eigenvalue weighted by atomic mass is 9.98. The summed E-state index contributed by atoms with van der Waals surface area (Å²) in [5, 5.41) is 7.45. The van der Waals surface area contributed by atoms with Crippen molar-refractivity contribution in [1.82, 2.24) is 15.5 Å². The molecule has 1 aromatic heterocycles. The first kappa shape index (κ1) is 17.6. The Morgan fingerprint density at radius 3 is 2.74 bits per heavy atom. The van der Waals surface area contributed by atoms with Gasteiger partial charge in [0.15, 0.2) is 11.5 Å². The number of benzene rings is 1.